The van der Waals surface area contributed by atoms with Crippen LogP contribution in [-0.4, -0.2) is 35.3 Å². The van der Waals surface area contributed by atoms with E-state index in [0.29, 0.717) is 17.3 Å². The number of carboxylic acids is 1. The van der Waals surface area contributed by atoms with Crippen LogP contribution in [0.4, 0.5) is 13.2 Å². The topological polar surface area (TPSA) is 79.5 Å². The van der Waals surface area contributed by atoms with Gasteiger partial charge in [0.1, 0.15) is 11.5 Å². The summed E-state index contributed by atoms with van der Waals surface area (Å²) in [5.74, 6) is 0.230. The number of carbonyl (C=O) groups is 1. The van der Waals surface area contributed by atoms with Crippen LogP contribution < -0.4 is 4.74 Å². The predicted molar refractivity (Wildman–Crippen MR) is 111 cm³/mol. The minimum absolute atomic E-state index is 0.00515. The van der Waals surface area contributed by atoms with Gasteiger partial charge in [0, 0.05) is 23.3 Å². The average molecular weight is 453 g/mol. The Bertz CT molecular complexity index is 886. The summed E-state index contributed by atoms with van der Waals surface area (Å²) in [6, 6.07) is 6.58. The summed E-state index contributed by atoms with van der Waals surface area (Å²) < 4.78 is 48.8. The molecule has 0 saturated heterocycles. The summed E-state index contributed by atoms with van der Waals surface area (Å²) in [6.07, 6.45) is 3.23. The number of carboxylic acid groups (broad SMARTS) is 1. The number of rotatable bonds is 10. The lowest BCUT2D eigenvalue weighted by molar-refractivity contribution is -0.140. The maximum absolute atomic E-state index is 12.6. The summed E-state index contributed by atoms with van der Waals surface area (Å²) in [5, 5.41) is 17.8. The zero-order valence-corrected chi connectivity index (χ0v) is 17.6. The van der Waals surface area contributed by atoms with Crippen molar-refractivity contribution in [1.29, 1.82) is 5.26 Å². The van der Waals surface area contributed by atoms with Crippen LogP contribution in [0.1, 0.15) is 18.9 Å². The Kier molecular flexibility index (Phi) is 9.06. The number of nitrogens with zero attached hydrogens (tertiary/aromatic N) is 1. The van der Waals surface area contributed by atoms with Crippen LogP contribution in [0.15, 0.2) is 59.9 Å². The molecular formula is C22H22F3NO4S. The molecule has 0 aliphatic heterocycles. The molecule has 2 rings (SSSR count). The molecule has 2 atom stereocenters. The van der Waals surface area contributed by atoms with E-state index in [0.717, 1.165) is 17.7 Å². The largest absolute Gasteiger partial charge is 0.493 e. The van der Waals surface area contributed by atoms with Crippen molar-refractivity contribution in [2.45, 2.75) is 24.8 Å². The molecule has 0 amide bonds. The highest BCUT2D eigenvalue weighted by Crippen LogP contribution is 2.30. The molecule has 0 heterocycles. The van der Waals surface area contributed by atoms with E-state index >= 15 is 0 Å². The third-order valence-electron chi connectivity index (χ3n) is 4.27. The Morgan fingerprint density at radius 3 is 2.61 bits per heavy atom. The van der Waals surface area contributed by atoms with Crippen molar-refractivity contribution in [1.82, 2.24) is 0 Å². The molecule has 5 nitrogen and oxygen atoms in total. The lowest BCUT2D eigenvalue weighted by Crippen LogP contribution is -2.16. The van der Waals surface area contributed by atoms with E-state index in [1.165, 1.54) is 12.1 Å². The number of hydrogen-bond acceptors (Lipinski definition) is 5. The van der Waals surface area contributed by atoms with Crippen molar-refractivity contribution in [3.63, 3.8) is 0 Å². The van der Waals surface area contributed by atoms with E-state index in [1.807, 2.05) is 19.1 Å². The van der Waals surface area contributed by atoms with Crippen molar-refractivity contribution >= 4 is 17.7 Å². The molecule has 0 aromatic heterocycles. The van der Waals surface area contributed by atoms with Crippen LogP contribution >= 0.6 is 11.8 Å². The maximum atomic E-state index is 12.6. The van der Waals surface area contributed by atoms with Gasteiger partial charge in [-0.05, 0) is 42.8 Å². The second kappa shape index (κ2) is 11.5. The van der Waals surface area contributed by atoms with Crippen LogP contribution in [0, 0.1) is 17.2 Å². The van der Waals surface area contributed by atoms with Crippen molar-refractivity contribution < 1.29 is 32.5 Å². The third-order valence-corrected chi connectivity index (χ3v) is 5.62. The molecule has 1 N–H and O–H groups in total. The van der Waals surface area contributed by atoms with Crippen molar-refractivity contribution in [2.24, 2.45) is 5.92 Å². The molecular weight excluding hydrogens is 431 g/mol. The second-order valence-corrected chi connectivity index (χ2v) is 8.02. The fourth-order valence-electron chi connectivity index (χ4n) is 2.67. The standard InChI is InChI=1S/C22H22F3NO4S/c1-15-11-19(3-2-4-20(15)30-13-21(27)28)31-14-16(9-10-26)12-29-18-7-5-17(6-8-18)22(23,24)25/h2-8,11,16,19H,9,12-14H2,1H3,(H,27,28). The van der Waals surface area contributed by atoms with Gasteiger partial charge in [0.25, 0.3) is 0 Å². The van der Waals surface area contributed by atoms with Gasteiger partial charge in [0.2, 0.25) is 0 Å². The van der Waals surface area contributed by atoms with Crippen LogP contribution in [0.2, 0.25) is 0 Å². The molecule has 1 aromatic rings. The van der Waals surface area contributed by atoms with Gasteiger partial charge in [-0.1, -0.05) is 18.2 Å². The highest BCUT2D eigenvalue weighted by molar-refractivity contribution is 8.00. The zero-order valence-electron chi connectivity index (χ0n) is 16.8. The first-order valence-corrected chi connectivity index (χ1v) is 10.4. The first-order chi connectivity index (χ1) is 14.7. The Morgan fingerprint density at radius 1 is 1.29 bits per heavy atom. The zero-order chi connectivity index (χ0) is 22.9. The van der Waals surface area contributed by atoms with Crippen molar-refractivity contribution in [3.05, 3.63) is 65.5 Å². The number of thioether (sulfide) groups is 1. The molecule has 1 aromatic carbocycles. The lowest BCUT2D eigenvalue weighted by atomic mass is 10.1. The summed E-state index contributed by atoms with van der Waals surface area (Å²) in [5.41, 5.74) is 0.0631. The molecule has 1 aliphatic rings. The Morgan fingerprint density at radius 2 is 2.00 bits per heavy atom. The molecule has 0 spiro atoms. The van der Waals surface area contributed by atoms with Gasteiger partial charge in [-0.15, -0.1) is 11.8 Å². The quantitative estimate of drug-likeness (QED) is 0.524. The fourth-order valence-corrected chi connectivity index (χ4v) is 3.88. The number of benzene rings is 1. The average Bonchev–Trinajstić information content (AvgIpc) is 2.89. The summed E-state index contributed by atoms with van der Waals surface area (Å²) in [4.78, 5) is 10.7. The van der Waals surface area contributed by atoms with Crippen molar-refractivity contribution in [3.8, 4) is 11.8 Å². The second-order valence-electron chi connectivity index (χ2n) is 6.81. The minimum Gasteiger partial charge on any atom is -0.493 e. The molecule has 0 radical (unpaired) electrons. The van der Waals surface area contributed by atoms with Crippen LogP contribution in [0.5, 0.6) is 5.75 Å². The number of nitriles is 1. The van der Waals surface area contributed by atoms with Gasteiger partial charge in [0.15, 0.2) is 6.61 Å². The molecule has 9 heteroatoms. The highest BCUT2D eigenvalue weighted by atomic mass is 32.2. The minimum atomic E-state index is -4.40. The third kappa shape index (κ3) is 8.42. The van der Waals surface area contributed by atoms with Crippen LogP contribution in [0.3, 0.4) is 0 Å². The van der Waals surface area contributed by atoms with E-state index in [-0.39, 0.29) is 24.2 Å². The Balaban J connectivity index is 1.89. The van der Waals surface area contributed by atoms with Crippen LogP contribution in [0.25, 0.3) is 0 Å². The fraction of sp³-hybridized carbons (Fsp3) is 0.364. The molecule has 0 saturated carbocycles. The molecule has 31 heavy (non-hydrogen) atoms. The van der Waals surface area contributed by atoms with E-state index < -0.39 is 24.3 Å². The molecule has 2 unspecified atom stereocenters. The van der Waals surface area contributed by atoms with Crippen molar-refractivity contribution in [2.75, 3.05) is 19.0 Å². The molecule has 0 fully saturated rings. The van der Waals surface area contributed by atoms with Gasteiger partial charge in [0.05, 0.1) is 18.2 Å². The smallest absolute Gasteiger partial charge is 0.416 e. The first-order valence-electron chi connectivity index (χ1n) is 9.39. The first kappa shape index (κ1) is 24.4. The van der Waals surface area contributed by atoms with E-state index in [1.54, 1.807) is 23.9 Å². The number of allylic oxidation sites excluding steroid dienone is 3. The predicted octanol–water partition coefficient (Wildman–Crippen LogP) is 5.22. The Hall–Kier alpha value is -2.86. The normalized spacial score (nSPS) is 17.1. The number of alkyl halides is 3. The number of halogens is 3. The molecule has 1 aliphatic carbocycles. The maximum Gasteiger partial charge on any atom is 0.416 e. The van der Waals surface area contributed by atoms with Gasteiger partial charge in [-0.25, -0.2) is 4.79 Å². The number of hydrogen-bond donors (Lipinski definition) is 1. The highest BCUT2D eigenvalue weighted by Gasteiger charge is 2.30. The monoisotopic (exact) mass is 453 g/mol. The van der Waals surface area contributed by atoms with E-state index in [9.17, 15) is 18.0 Å². The number of ether oxygens (including phenoxy) is 2. The SMILES string of the molecule is CC1=CC(SCC(CC#N)COc2ccc(C(F)(F)F)cc2)C=CC=C1OCC(=O)O. The summed E-state index contributed by atoms with van der Waals surface area (Å²) >= 11 is 1.58. The summed E-state index contributed by atoms with van der Waals surface area (Å²) in [7, 11) is 0. The van der Waals surface area contributed by atoms with Gasteiger partial charge < -0.3 is 14.6 Å². The number of aliphatic carboxylic acids is 1. The van der Waals surface area contributed by atoms with Gasteiger partial charge in [-0.3, -0.25) is 0 Å². The summed E-state index contributed by atoms with van der Waals surface area (Å²) in [6.45, 7) is 1.61. The van der Waals surface area contributed by atoms with Gasteiger partial charge >= 0.3 is 12.1 Å². The van der Waals surface area contributed by atoms with Crippen LogP contribution in [-0.2, 0) is 15.7 Å². The Labute approximate surface area is 182 Å². The molecule has 166 valence electrons. The van der Waals surface area contributed by atoms with E-state index in [2.05, 4.69) is 6.07 Å². The molecule has 0 bridgehead atoms. The lowest BCUT2D eigenvalue weighted by Gasteiger charge is -2.17. The van der Waals surface area contributed by atoms with E-state index in [4.69, 9.17) is 19.8 Å². The van der Waals surface area contributed by atoms with Gasteiger partial charge in [-0.2, -0.15) is 18.4 Å².